The van der Waals surface area contributed by atoms with Gasteiger partial charge < -0.3 is 10.0 Å². The van der Waals surface area contributed by atoms with Crippen LogP contribution >= 0.6 is 23.5 Å². The first kappa shape index (κ1) is 21.4. The van der Waals surface area contributed by atoms with Crippen molar-refractivity contribution in [3.8, 4) is 0 Å². The third kappa shape index (κ3) is 4.15. The van der Waals surface area contributed by atoms with Crippen molar-refractivity contribution in [2.75, 3.05) is 11.9 Å². The third-order valence-corrected chi connectivity index (χ3v) is 7.75. The van der Waals surface area contributed by atoms with Crippen LogP contribution in [-0.2, 0) is 11.3 Å². The number of anilines is 1. The largest absolute Gasteiger partial charge is 0.478 e. The summed E-state index contributed by atoms with van der Waals surface area (Å²) in [4.78, 5) is 34.9. The van der Waals surface area contributed by atoms with Gasteiger partial charge in [0, 0.05) is 11.9 Å². The van der Waals surface area contributed by atoms with Crippen LogP contribution in [0.15, 0.2) is 98.7 Å². The Labute approximate surface area is 199 Å². The first-order valence-electron chi connectivity index (χ1n) is 10.2. The van der Waals surface area contributed by atoms with E-state index >= 15 is 0 Å². The smallest absolute Gasteiger partial charge is 0.335 e. The zero-order valence-corrected chi connectivity index (χ0v) is 19.3. The van der Waals surface area contributed by atoms with E-state index < -0.39 is 5.97 Å². The Morgan fingerprint density at radius 1 is 0.939 bits per heavy atom. The molecule has 0 saturated carbocycles. The van der Waals surface area contributed by atoms with Crippen molar-refractivity contribution >= 4 is 51.9 Å². The fourth-order valence-electron chi connectivity index (χ4n) is 3.61. The molecular weight excluding hydrogens is 454 g/mol. The highest BCUT2D eigenvalue weighted by Crippen LogP contribution is 2.50. The quantitative estimate of drug-likeness (QED) is 0.500. The van der Waals surface area contributed by atoms with Gasteiger partial charge in [0.05, 0.1) is 28.5 Å². The number of nitrogens with zero attached hydrogens (tertiary/aromatic N) is 3. The Hall–Kier alpha value is -3.49. The molecule has 3 aromatic rings. The van der Waals surface area contributed by atoms with Gasteiger partial charge in [-0.05, 0) is 53.7 Å². The number of carbonyl (C=O) groups is 2. The molecule has 2 heterocycles. The second kappa shape index (κ2) is 8.80. The van der Waals surface area contributed by atoms with Crippen molar-refractivity contribution in [3.63, 3.8) is 0 Å². The predicted octanol–water partition coefficient (Wildman–Crippen LogP) is 5.56. The molecule has 0 spiro atoms. The Kier molecular flexibility index (Phi) is 5.70. The number of para-hydroxylation sites is 1. The number of hydrogen-bond acceptors (Lipinski definition) is 6. The first-order valence-corrected chi connectivity index (χ1v) is 11.8. The molecule has 6 nitrogen and oxygen atoms in total. The maximum absolute atomic E-state index is 13.6. The molecule has 33 heavy (non-hydrogen) atoms. The molecule has 1 amide bonds. The van der Waals surface area contributed by atoms with Gasteiger partial charge in [0.1, 0.15) is 4.91 Å². The number of aliphatic imine (C=N–C) groups is 1. The number of rotatable bonds is 4. The summed E-state index contributed by atoms with van der Waals surface area (Å²) in [6, 6.07) is 24.2. The van der Waals surface area contributed by atoms with E-state index in [1.54, 1.807) is 28.8 Å². The van der Waals surface area contributed by atoms with Gasteiger partial charge in [0.2, 0.25) is 0 Å². The van der Waals surface area contributed by atoms with Crippen molar-refractivity contribution in [2.45, 2.75) is 11.4 Å². The third-order valence-electron chi connectivity index (χ3n) is 5.32. The van der Waals surface area contributed by atoms with Crippen molar-refractivity contribution in [3.05, 3.63) is 99.9 Å². The fourth-order valence-corrected chi connectivity index (χ4v) is 5.96. The van der Waals surface area contributed by atoms with Gasteiger partial charge in [0.15, 0.2) is 5.17 Å². The number of amides is 1. The van der Waals surface area contributed by atoms with E-state index in [1.165, 1.54) is 23.9 Å². The topological polar surface area (TPSA) is 73.2 Å². The summed E-state index contributed by atoms with van der Waals surface area (Å²) in [5.41, 5.74) is 2.86. The van der Waals surface area contributed by atoms with Crippen molar-refractivity contribution in [2.24, 2.45) is 4.99 Å². The molecule has 3 aromatic carbocycles. The van der Waals surface area contributed by atoms with Crippen LogP contribution < -0.4 is 4.90 Å². The van der Waals surface area contributed by atoms with Gasteiger partial charge in [-0.1, -0.05) is 54.2 Å². The van der Waals surface area contributed by atoms with E-state index in [9.17, 15) is 9.59 Å². The summed E-state index contributed by atoms with van der Waals surface area (Å²) in [5, 5.41) is 10.6. The van der Waals surface area contributed by atoms with Crippen molar-refractivity contribution in [1.29, 1.82) is 0 Å². The highest BCUT2D eigenvalue weighted by atomic mass is 32.2. The molecular formula is C25H19N3O3S2. The predicted molar refractivity (Wildman–Crippen MR) is 133 cm³/mol. The van der Waals surface area contributed by atoms with Crippen LogP contribution in [-0.4, -0.2) is 34.1 Å². The molecule has 1 N–H and O–H groups in total. The lowest BCUT2D eigenvalue weighted by molar-refractivity contribution is -0.122. The van der Waals surface area contributed by atoms with Crippen molar-refractivity contribution < 1.29 is 14.7 Å². The van der Waals surface area contributed by atoms with Gasteiger partial charge in [0.25, 0.3) is 5.91 Å². The average molecular weight is 474 g/mol. The standard InChI is InChI=1S/C25H19N3O3S2/c1-27-19-9-5-6-10-20(19)32-23(27)21-22(29)28(15-16-7-3-2-4-8-16)25(33-21)26-18-13-11-17(12-14-18)24(30)31/h2-14H,15H2,1H3,(H,30,31). The lowest BCUT2D eigenvalue weighted by atomic mass is 10.2. The average Bonchev–Trinajstić information content (AvgIpc) is 3.32. The molecule has 8 heteroatoms. The van der Waals surface area contributed by atoms with E-state index in [1.807, 2.05) is 60.5 Å². The van der Waals surface area contributed by atoms with Crippen LogP contribution in [0.1, 0.15) is 15.9 Å². The van der Waals surface area contributed by atoms with Crippen LogP contribution in [0, 0.1) is 0 Å². The molecule has 2 aliphatic rings. The lowest BCUT2D eigenvalue weighted by Crippen LogP contribution is -2.29. The molecule has 0 atom stereocenters. The number of carboxylic acids is 1. The second-order valence-electron chi connectivity index (χ2n) is 7.49. The molecule has 0 radical (unpaired) electrons. The molecule has 0 aromatic heterocycles. The SMILES string of the molecule is CN1C(=C2SC(=Nc3ccc(C(=O)O)cc3)N(Cc3ccccc3)C2=O)Sc2ccccc21. The van der Waals surface area contributed by atoms with Crippen LogP contribution in [0.25, 0.3) is 0 Å². The normalized spacial score (nSPS) is 18.8. The fraction of sp³-hybridized carbons (Fsp3) is 0.0800. The van der Waals surface area contributed by atoms with Gasteiger partial charge in [-0.3, -0.25) is 9.69 Å². The Morgan fingerprint density at radius 2 is 1.64 bits per heavy atom. The Bertz CT molecular complexity index is 1300. The number of amidine groups is 1. The monoisotopic (exact) mass is 473 g/mol. The van der Waals surface area contributed by atoms with Crippen molar-refractivity contribution in [1.82, 2.24) is 4.90 Å². The molecule has 0 unspecified atom stereocenters. The number of thioether (sulfide) groups is 2. The summed E-state index contributed by atoms with van der Waals surface area (Å²) in [6.07, 6.45) is 0. The molecule has 1 fully saturated rings. The molecule has 1 saturated heterocycles. The van der Waals surface area contributed by atoms with E-state index in [4.69, 9.17) is 10.1 Å². The summed E-state index contributed by atoms with van der Waals surface area (Å²) in [7, 11) is 1.97. The Balaban J connectivity index is 1.53. The highest BCUT2D eigenvalue weighted by Gasteiger charge is 2.39. The maximum Gasteiger partial charge on any atom is 0.335 e. The first-order chi connectivity index (χ1) is 16.0. The molecule has 0 aliphatic carbocycles. The molecule has 5 rings (SSSR count). The number of benzene rings is 3. The summed E-state index contributed by atoms with van der Waals surface area (Å²) in [5.74, 6) is -1.08. The number of aromatic carboxylic acids is 1. The highest BCUT2D eigenvalue weighted by molar-refractivity contribution is 8.19. The minimum atomic E-state index is -0.988. The molecule has 164 valence electrons. The number of carbonyl (C=O) groups excluding carboxylic acids is 1. The summed E-state index contributed by atoms with van der Waals surface area (Å²) in [6.45, 7) is 0.400. The van der Waals surface area contributed by atoms with Gasteiger partial charge in [-0.15, -0.1) is 0 Å². The minimum absolute atomic E-state index is 0.0908. The van der Waals surface area contributed by atoms with Crippen LogP contribution in [0.5, 0.6) is 0 Å². The lowest BCUT2D eigenvalue weighted by Gasteiger charge is -2.16. The summed E-state index contributed by atoms with van der Waals surface area (Å²) >= 11 is 2.93. The molecule has 2 aliphatic heterocycles. The van der Waals surface area contributed by atoms with E-state index in [0.717, 1.165) is 21.2 Å². The zero-order chi connectivity index (χ0) is 22.9. The van der Waals surface area contributed by atoms with Crippen LogP contribution in [0.2, 0.25) is 0 Å². The van der Waals surface area contributed by atoms with Gasteiger partial charge in [-0.25, -0.2) is 9.79 Å². The van der Waals surface area contributed by atoms with E-state index in [0.29, 0.717) is 22.3 Å². The number of hydrogen-bond donors (Lipinski definition) is 1. The number of carboxylic acid groups (broad SMARTS) is 1. The van der Waals surface area contributed by atoms with Crippen LogP contribution in [0.4, 0.5) is 11.4 Å². The van der Waals surface area contributed by atoms with Gasteiger partial charge >= 0.3 is 5.97 Å². The second-order valence-corrected chi connectivity index (χ2v) is 9.50. The van der Waals surface area contributed by atoms with E-state index in [-0.39, 0.29) is 11.5 Å². The van der Waals surface area contributed by atoms with E-state index in [2.05, 4.69) is 6.07 Å². The van der Waals surface area contributed by atoms with Crippen LogP contribution in [0.3, 0.4) is 0 Å². The molecule has 0 bridgehead atoms. The minimum Gasteiger partial charge on any atom is -0.478 e. The Morgan fingerprint density at radius 3 is 2.33 bits per heavy atom. The number of fused-ring (bicyclic) bond motifs is 1. The zero-order valence-electron chi connectivity index (χ0n) is 17.6. The maximum atomic E-state index is 13.6. The summed E-state index contributed by atoms with van der Waals surface area (Å²) < 4.78 is 0. The van der Waals surface area contributed by atoms with Gasteiger partial charge in [-0.2, -0.15) is 0 Å².